The summed E-state index contributed by atoms with van der Waals surface area (Å²) in [6.45, 7) is 4.72. The third-order valence-corrected chi connectivity index (χ3v) is 1.86. The highest BCUT2D eigenvalue weighted by Crippen LogP contribution is 2.11. The largest absolute Gasteiger partial charge is 0.380 e. The summed E-state index contributed by atoms with van der Waals surface area (Å²) in [6.07, 6.45) is 1.10. The number of likely N-dealkylation sites (N-methyl/N-ethyl adjacent to an activating group) is 1. The minimum Gasteiger partial charge on any atom is -0.380 e. The predicted octanol–water partition coefficient (Wildman–Crippen LogP) is 0.659. The average molecular weight is 145 g/mol. The molecule has 1 rings (SSSR count). The molecule has 1 atom stereocenters. The Hall–Kier alpha value is -0.120. The van der Waals surface area contributed by atoms with E-state index in [-0.39, 0.29) is 0 Å². The fourth-order valence-corrected chi connectivity index (χ4v) is 1.29. The fraction of sp³-hybridized carbons (Fsp3) is 1.00. The summed E-state index contributed by atoms with van der Waals surface area (Å²) in [7, 11) is 1.71. The lowest BCUT2D eigenvalue weighted by Crippen LogP contribution is -2.34. The second kappa shape index (κ2) is 3.91. The van der Waals surface area contributed by atoms with Crippen LogP contribution in [-0.2, 0) is 9.57 Å². The van der Waals surface area contributed by atoms with E-state index in [9.17, 15) is 0 Å². The minimum atomic E-state index is 0.481. The first-order chi connectivity index (χ1) is 4.88. The van der Waals surface area contributed by atoms with Crippen LogP contribution < -0.4 is 0 Å². The Morgan fingerprint density at radius 3 is 2.90 bits per heavy atom. The molecule has 1 aliphatic heterocycles. The lowest BCUT2D eigenvalue weighted by Gasteiger charge is -2.22. The van der Waals surface area contributed by atoms with E-state index in [1.807, 2.05) is 5.06 Å². The Labute approximate surface area is 61.9 Å². The smallest absolute Gasteiger partial charge is 0.0646 e. The van der Waals surface area contributed by atoms with E-state index in [0.717, 1.165) is 26.2 Å². The molecule has 60 valence electrons. The molecular weight excluding hydrogens is 130 g/mol. The number of rotatable bonds is 3. The third-order valence-electron chi connectivity index (χ3n) is 1.86. The van der Waals surface area contributed by atoms with Gasteiger partial charge in [-0.05, 0) is 6.42 Å². The van der Waals surface area contributed by atoms with Crippen molar-refractivity contribution >= 4 is 0 Å². The molecule has 1 fully saturated rings. The SMILES string of the molecule is CCN(OC)C1CCOC1. The first-order valence-corrected chi connectivity index (χ1v) is 3.77. The number of ether oxygens (including phenoxy) is 1. The molecule has 0 bridgehead atoms. The normalized spacial score (nSPS) is 26.1. The Kier molecular flexibility index (Phi) is 3.12. The number of hydrogen-bond donors (Lipinski definition) is 0. The van der Waals surface area contributed by atoms with Gasteiger partial charge in [0, 0.05) is 13.2 Å². The van der Waals surface area contributed by atoms with E-state index in [4.69, 9.17) is 9.57 Å². The predicted molar refractivity (Wildman–Crippen MR) is 38.6 cm³/mol. The maximum Gasteiger partial charge on any atom is 0.0646 e. The van der Waals surface area contributed by atoms with E-state index in [2.05, 4.69) is 6.92 Å². The monoisotopic (exact) mass is 145 g/mol. The molecule has 0 saturated carbocycles. The molecule has 0 aromatic rings. The molecule has 0 aromatic heterocycles. The highest BCUT2D eigenvalue weighted by molar-refractivity contribution is 4.69. The first-order valence-electron chi connectivity index (χ1n) is 3.77. The molecule has 3 heteroatoms. The van der Waals surface area contributed by atoms with E-state index < -0.39 is 0 Å². The van der Waals surface area contributed by atoms with Gasteiger partial charge in [-0.25, -0.2) is 0 Å². The topological polar surface area (TPSA) is 21.7 Å². The number of hydroxylamine groups is 2. The van der Waals surface area contributed by atoms with Crippen molar-refractivity contribution in [3.63, 3.8) is 0 Å². The zero-order valence-electron chi connectivity index (χ0n) is 6.67. The van der Waals surface area contributed by atoms with Gasteiger partial charge in [0.25, 0.3) is 0 Å². The molecule has 1 saturated heterocycles. The van der Waals surface area contributed by atoms with Crippen LogP contribution in [0.1, 0.15) is 13.3 Å². The van der Waals surface area contributed by atoms with Crippen molar-refractivity contribution in [2.24, 2.45) is 0 Å². The van der Waals surface area contributed by atoms with Gasteiger partial charge in [0.05, 0.1) is 19.8 Å². The van der Waals surface area contributed by atoms with Crippen LogP contribution in [-0.4, -0.2) is 38.0 Å². The van der Waals surface area contributed by atoms with Crippen molar-refractivity contribution in [1.82, 2.24) is 5.06 Å². The second-order valence-corrected chi connectivity index (χ2v) is 2.43. The van der Waals surface area contributed by atoms with Crippen molar-refractivity contribution in [3.8, 4) is 0 Å². The zero-order valence-corrected chi connectivity index (χ0v) is 6.67. The average Bonchev–Trinajstić information content (AvgIpc) is 2.43. The fourth-order valence-electron chi connectivity index (χ4n) is 1.29. The summed E-state index contributed by atoms with van der Waals surface area (Å²) < 4.78 is 5.22. The van der Waals surface area contributed by atoms with Gasteiger partial charge in [0.1, 0.15) is 0 Å². The van der Waals surface area contributed by atoms with E-state index >= 15 is 0 Å². The summed E-state index contributed by atoms with van der Waals surface area (Å²) >= 11 is 0. The Bertz CT molecular complexity index is 87.6. The standard InChI is InChI=1S/C7H15NO2/c1-3-8(9-2)7-4-5-10-6-7/h7H,3-6H2,1-2H3. The van der Waals surface area contributed by atoms with Gasteiger partial charge >= 0.3 is 0 Å². The Morgan fingerprint density at radius 1 is 1.70 bits per heavy atom. The lowest BCUT2D eigenvalue weighted by atomic mass is 10.2. The molecule has 0 radical (unpaired) electrons. The molecular formula is C7H15NO2. The van der Waals surface area contributed by atoms with Crippen molar-refractivity contribution in [2.45, 2.75) is 19.4 Å². The first kappa shape index (κ1) is 7.98. The maximum atomic E-state index is 5.22. The van der Waals surface area contributed by atoms with Crippen LogP contribution in [0.3, 0.4) is 0 Å². The minimum absolute atomic E-state index is 0.481. The van der Waals surface area contributed by atoms with Crippen molar-refractivity contribution in [1.29, 1.82) is 0 Å². The van der Waals surface area contributed by atoms with Crippen molar-refractivity contribution < 1.29 is 9.57 Å². The van der Waals surface area contributed by atoms with Crippen LogP contribution in [0.4, 0.5) is 0 Å². The highest BCUT2D eigenvalue weighted by atomic mass is 16.7. The summed E-state index contributed by atoms with van der Waals surface area (Å²) in [5.74, 6) is 0. The van der Waals surface area contributed by atoms with Gasteiger partial charge < -0.3 is 9.57 Å². The lowest BCUT2D eigenvalue weighted by molar-refractivity contribution is -0.157. The molecule has 0 aromatic carbocycles. The van der Waals surface area contributed by atoms with Crippen molar-refractivity contribution in [2.75, 3.05) is 26.9 Å². The van der Waals surface area contributed by atoms with Crippen LogP contribution >= 0.6 is 0 Å². The van der Waals surface area contributed by atoms with Gasteiger partial charge in [-0.15, -0.1) is 0 Å². The van der Waals surface area contributed by atoms with Crippen LogP contribution in [0.15, 0.2) is 0 Å². The van der Waals surface area contributed by atoms with Crippen LogP contribution in [0.25, 0.3) is 0 Å². The zero-order chi connectivity index (χ0) is 7.40. The molecule has 0 amide bonds. The number of hydrogen-bond acceptors (Lipinski definition) is 3. The molecule has 0 aliphatic carbocycles. The van der Waals surface area contributed by atoms with Gasteiger partial charge in [0.2, 0.25) is 0 Å². The van der Waals surface area contributed by atoms with E-state index in [1.165, 1.54) is 0 Å². The van der Waals surface area contributed by atoms with Gasteiger partial charge in [-0.1, -0.05) is 6.92 Å². The maximum absolute atomic E-state index is 5.22. The molecule has 3 nitrogen and oxygen atoms in total. The van der Waals surface area contributed by atoms with Crippen LogP contribution in [0.2, 0.25) is 0 Å². The summed E-state index contributed by atoms with van der Waals surface area (Å²) in [5, 5.41) is 1.97. The Balaban J connectivity index is 2.29. The van der Waals surface area contributed by atoms with Crippen molar-refractivity contribution in [3.05, 3.63) is 0 Å². The highest BCUT2D eigenvalue weighted by Gasteiger charge is 2.21. The molecule has 1 unspecified atom stereocenters. The summed E-state index contributed by atoms with van der Waals surface area (Å²) in [6, 6.07) is 0.481. The van der Waals surface area contributed by atoms with Gasteiger partial charge in [-0.3, -0.25) is 0 Å². The summed E-state index contributed by atoms with van der Waals surface area (Å²) in [5.41, 5.74) is 0. The molecule has 10 heavy (non-hydrogen) atoms. The van der Waals surface area contributed by atoms with Gasteiger partial charge in [0.15, 0.2) is 0 Å². The molecule has 1 aliphatic rings. The quantitative estimate of drug-likeness (QED) is 0.544. The van der Waals surface area contributed by atoms with E-state index in [1.54, 1.807) is 7.11 Å². The van der Waals surface area contributed by atoms with Gasteiger partial charge in [-0.2, -0.15) is 5.06 Å². The van der Waals surface area contributed by atoms with Crippen LogP contribution in [0, 0.1) is 0 Å². The second-order valence-electron chi connectivity index (χ2n) is 2.43. The Morgan fingerprint density at radius 2 is 2.50 bits per heavy atom. The molecule has 1 heterocycles. The van der Waals surface area contributed by atoms with E-state index in [0.29, 0.717) is 6.04 Å². The summed E-state index contributed by atoms with van der Waals surface area (Å²) in [4.78, 5) is 5.14. The van der Waals surface area contributed by atoms with Crippen LogP contribution in [0.5, 0.6) is 0 Å². The number of nitrogens with zero attached hydrogens (tertiary/aromatic N) is 1. The third kappa shape index (κ3) is 1.68. The molecule has 0 N–H and O–H groups in total. The molecule has 0 spiro atoms.